The van der Waals surface area contributed by atoms with E-state index in [1.165, 1.54) is 0 Å². The van der Waals surface area contributed by atoms with Gasteiger partial charge in [0.2, 0.25) is 0 Å². The van der Waals surface area contributed by atoms with Crippen molar-refractivity contribution in [3.8, 4) is 0 Å². The molecule has 2 rings (SSSR count). The van der Waals surface area contributed by atoms with Crippen molar-refractivity contribution >= 4 is 28.9 Å². The van der Waals surface area contributed by atoms with E-state index in [2.05, 4.69) is 4.90 Å². The van der Waals surface area contributed by atoms with Gasteiger partial charge in [0.1, 0.15) is 0 Å². The van der Waals surface area contributed by atoms with E-state index in [1.54, 1.807) is 0 Å². The van der Waals surface area contributed by atoms with Crippen LogP contribution in [0.15, 0.2) is 42.5 Å². The van der Waals surface area contributed by atoms with E-state index in [4.69, 9.17) is 28.9 Å². The van der Waals surface area contributed by atoms with Crippen LogP contribution < -0.4 is 5.73 Å². The van der Waals surface area contributed by atoms with Gasteiger partial charge in [0.25, 0.3) is 0 Å². The molecule has 0 saturated carbocycles. The van der Waals surface area contributed by atoms with Crippen LogP contribution in [0, 0.1) is 0 Å². The van der Waals surface area contributed by atoms with Crippen LogP contribution >= 0.6 is 23.2 Å². The fourth-order valence-corrected chi connectivity index (χ4v) is 2.29. The van der Waals surface area contributed by atoms with E-state index in [0.29, 0.717) is 10.7 Å². The van der Waals surface area contributed by atoms with Gasteiger partial charge in [0, 0.05) is 18.1 Å². The molecule has 2 nitrogen and oxygen atoms in total. The van der Waals surface area contributed by atoms with Crippen LogP contribution in [0.25, 0.3) is 0 Å². The number of hydrogen-bond donors (Lipinski definition) is 1. The number of rotatable bonds is 4. The maximum Gasteiger partial charge on any atom is 0.0635 e. The molecule has 0 aliphatic heterocycles. The zero-order chi connectivity index (χ0) is 13.8. The fourth-order valence-electron chi connectivity index (χ4n) is 1.98. The summed E-state index contributed by atoms with van der Waals surface area (Å²) < 4.78 is 0. The first kappa shape index (κ1) is 14.2. The summed E-state index contributed by atoms with van der Waals surface area (Å²) in [6.45, 7) is 1.59. The Kier molecular flexibility index (Phi) is 4.70. The number of nitrogens with zero attached hydrogens (tertiary/aromatic N) is 1. The predicted molar refractivity (Wildman–Crippen MR) is 82.5 cm³/mol. The molecule has 0 spiro atoms. The number of halogens is 2. The summed E-state index contributed by atoms with van der Waals surface area (Å²) in [6, 6.07) is 13.6. The Morgan fingerprint density at radius 3 is 2.42 bits per heavy atom. The van der Waals surface area contributed by atoms with E-state index in [-0.39, 0.29) is 0 Å². The molecule has 19 heavy (non-hydrogen) atoms. The third-order valence-corrected chi connectivity index (χ3v) is 3.62. The quantitative estimate of drug-likeness (QED) is 0.856. The van der Waals surface area contributed by atoms with E-state index in [9.17, 15) is 0 Å². The molecular weight excluding hydrogens is 279 g/mol. The van der Waals surface area contributed by atoms with Crippen LogP contribution in [0.1, 0.15) is 11.1 Å². The molecule has 0 aliphatic rings. The average molecular weight is 295 g/mol. The molecule has 2 aromatic carbocycles. The highest BCUT2D eigenvalue weighted by molar-refractivity contribution is 6.33. The molecule has 0 aliphatic carbocycles. The maximum atomic E-state index is 6.15. The second kappa shape index (κ2) is 6.29. The lowest BCUT2D eigenvalue weighted by Crippen LogP contribution is -2.17. The molecule has 0 saturated heterocycles. The van der Waals surface area contributed by atoms with Gasteiger partial charge in [0.05, 0.1) is 10.7 Å². The molecular formula is C15H16Cl2N2. The van der Waals surface area contributed by atoms with E-state index < -0.39 is 0 Å². The Bertz CT molecular complexity index is 570. The average Bonchev–Trinajstić information content (AvgIpc) is 2.37. The summed E-state index contributed by atoms with van der Waals surface area (Å²) in [5.74, 6) is 0. The molecule has 0 bridgehead atoms. The van der Waals surface area contributed by atoms with Gasteiger partial charge in [-0.1, -0.05) is 47.5 Å². The minimum atomic E-state index is 0.595. The highest BCUT2D eigenvalue weighted by atomic mass is 35.5. The van der Waals surface area contributed by atoms with Crippen molar-refractivity contribution in [2.75, 3.05) is 12.8 Å². The predicted octanol–water partition coefficient (Wildman–Crippen LogP) is 4.21. The number of benzene rings is 2. The van der Waals surface area contributed by atoms with Gasteiger partial charge < -0.3 is 5.73 Å². The van der Waals surface area contributed by atoms with Crippen LogP contribution in [0.4, 0.5) is 5.69 Å². The van der Waals surface area contributed by atoms with Gasteiger partial charge in [-0.05, 0) is 36.4 Å². The van der Waals surface area contributed by atoms with Crippen LogP contribution in [-0.4, -0.2) is 11.9 Å². The zero-order valence-corrected chi connectivity index (χ0v) is 12.2. The smallest absolute Gasteiger partial charge is 0.0635 e. The Balaban J connectivity index is 2.03. The number of hydrogen-bond acceptors (Lipinski definition) is 2. The molecule has 4 heteroatoms. The molecule has 100 valence electrons. The molecule has 0 radical (unpaired) electrons. The van der Waals surface area contributed by atoms with Gasteiger partial charge in [-0.25, -0.2) is 0 Å². The third-order valence-electron chi connectivity index (χ3n) is 2.91. The highest BCUT2D eigenvalue weighted by Gasteiger charge is 2.06. The third kappa shape index (κ3) is 3.87. The summed E-state index contributed by atoms with van der Waals surface area (Å²) in [7, 11) is 2.05. The first-order valence-electron chi connectivity index (χ1n) is 6.02. The van der Waals surface area contributed by atoms with Gasteiger partial charge in [-0.2, -0.15) is 0 Å². The monoisotopic (exact) mass is 294 g/mol. The van der Waals surface area contributed by atoms with E-state index >= 15 is 0 Å². The number of nitrogen functional groups attached to an aromatic ring is 1. The lowest BCUT2D eigenvalue weighted by molar-refractivity contribution is 0.319. The molecule has 2 aromatic rings. The minimum Gasteiger partial charge on any atom is -0.398 e. The Hall–Kier alpha value is -1.22. The van der Waals surface area contributed by atoms with Crippen molar-refractivity contribution in [1.29, 1.82) is 0 Å². The van der Waals surface area contributed by atoms with Gasteiger partial charge in [-0.15, -0.1) is 0 Å². The standard InChI is InChI=1S/C15H16Cl2N2/c1-19(10-12-4-2-3-5-13(12)16)9-11-6-7-14(17)15(18)8-11/h2-8H,9-10,18H2,1H3. The zero-order valence-electron chi connectivity index (χ0n) is 10.7. The van der Waals surface area contributed by atoms with Crippen LogP contribution in [0.3, 0.4) is 0 Å². The first-order chi connectivity index (χ1) is 9.06. The van der Waals surface area contributed by atoms with Crippen molar-refractivity contribution in [2.24, 2.45) is 0 Å². The molecule has 0 heterocycles. The van der Waals surface area contributed by atoms with Crippen molar-refractivity contribution < 1.29 is 0 Å². The van der Waals surface area contributed by atoms with Gasteiger partial charge in [-0.3, -0.25) is 4.90 Å². The summed E-state index contributed by atoms with van der Waals surface area (Å²) in [6.07, 6.45) is 0. The fraction of sp³-hybridized carbons (Fsp3) is 0.200. The molecule has 0 aromatic heterocycles. The lowest BCUT2D eigenvalue weighted by atomic mass is 10.1. The number of nitrogens with two attached hydrogens (primary N) is 1. The summed E-state index contributed by atoms with van der Waals surface area (Å²) >= 11 is 12.1. The van der Waals surface area contributed by atoms with Crippen LogP contribution in [-0.2, 0) is 13.1 Å². The Labute approximate surface area is 123 Å². The van der Waals surface area contributed by atoms with Crippen molar-refractivity contribution in [3.05, 3.63) is 63.6 Å². The highest BCUT2D eigenvalue weighted by Crippen LogP contribution is 2.21. The molecule has 0 fully saturated rings. The van der Waals surface area contributed by atoms with Crippen LogP contribution in [0.5, 0.6) is 0 Å². The van der Waals surface area contributed by atoms with Gasteiger partial charge >= 0.3 is 0 Å². The number of anilines is 1. The van der Waals surface area contributed by atoms with E-state index in [1.807, 2.05) is 49.5 Å². The molecule has 2 N–H and O–H groups in total. The first-order valence-corrected chi connectivity index (χ1v) is 6.77. The minimum absolute atomic E-state index is 0.595. The topological polar surface area (TPSA) is 29.3 Å². The normalized spacial score (nSPS) is 10.9. The summed E-state index contributed by atoms with van der Waals surface area (Å²) in [5, 5.41) is 1.39. The van der Waals surface area contributed by atoms with E-state index in [0.717, 1.165) is 29.2 Å². The largest absolute Gasteiger partial charge is 0.398 e. The molecule has 0 unspecified atom stereocenters. The van der Waals surface area contributed by atoms with Crippen LogP contribution in [0.2, 0.25) is 10.0 Å². The Morgan fingerprint density at radius 2 is 1.74 bits per heavy atom. The van der Waals surface area contributed by atoms with Crippen molar-refractivity contribution in [2.45, 2.75) is 13.1 Å². The second-order valence-electron chi connectivity index (χ2n) is 4.62. The summed E-state index contributed by atoms with van der Waals surface area (Å²) in [5.41, 5.74) is 8.67. The molecule has 0 atom stereocenters. The molecule has 0 amide bonds. The van der Waals surface area contributed by atoms with Gasteiger partial charge in [0.15, 0.2) is 0 Å². The van der Waals surface area contributed by atoms with Crippen molar-refractivity contribution in [3.63, 3.8) is 0 Å². The Morgan fingerprint density at radius 1 is 1.00 bits per heavy atom. The maximum absolute atomic E-state index is 6.15. The SMILES string of the molecule is CN(Cc1ccc(Cl)c(N)c1)Cc1ccccc1Cl. The summed E-state index contributed by atoms with van der Waals surface area (Å²) in [4.78, 5) is 2.18. The van der Waals surface area contributed by atoms with Crippen molar-refractivity contribution in [1.82, 2.24) is 4.90 Å². The second-order valence-corrected chi connectivity index (χ2v) is 5.43. The lowest BCUT2D eigenvalue weighted by Gasteiger charge is -2.18.